The fourth-order valence-corrected chi connectivity index (χ4v) is 1.44. The van der Waals surface area contributed by atoms with Gasteiger partial charge in [-0.2, -0.15) is 0 Å². The van der Waals surface area contributed by atoms with E-state index in [0.717, 1.165) is 4.47 Å². The highest BCUT2D eigenvalue weighted by atomic mass is 79.9. The van der Waals surface area contributed by atoms with Gasteiger partial charge in [-0.05, 0) is 37.9 Å². The standard InChI is InChI=1S/C5H3Br2NO/c6-3-1-4(7)5(9)8-2-3/h1-2H,(H,8,9). The Morgan fingerprint density at radius 2 is 2.11 bits per heavy atom. The fraction of sp³-hybridized carbons (Fsp3) is 0. The zero-order valence-corrected chi connectivity index (χ0v) is 7.49. The Labute approximate surface area is 68.5 Å². The van der Waals surface area contributed by atoms with E-state index in [0.29, 0.717) is 4.47 Å². The lowest BCUT2D eigenvalue weighted by atomic mass is 10.5. The molecule has 1 heterocycles. The summed E-state index contributed by atoms with van der Waals surface area (Å²) in [6, 6.07) is 1.69. The summed E-state index contributed by atoms with van der Waals surface area (Å²) in [5.41, 5.74) is -0.113. The maximum absolute atomic E-state index is 10.6. The Hall–Kier alpha value is -0.0900. The first-order valence-electron chi connectivity index (χ1n) is 2.24. The topological polar surface area (TPSA) is 32.9 Å². The van der Waals surface area contributed by atoms with Crippen molar-refractivity contribution in [2.24, 2.45) is 0 Å². The van der Waals surface area contributed by atoms with Crippen LogP contribution in [0.4, 0.5) is 0 Å². The molecular weight excluding hydrogens is 250 g/mol. The molecule has 0 aliphatic carbocycles. The number of hydrogen-bond donors (Lipinski definition) is 1. The first-order valence-corrected chi connectivity index (χ1v) is 3.82. The molecule has 1 rings (SSSR count). The van der Waals surface area contributed by atoms with Gasteiger partial charge in [-0.15, -0.1) is 0 Å². The average molecular weight is 253 g/mol. The molecule has 0 atom stereocenters. The van der Waals surface area contributed by atoms with E-state index in [1.807, 2.05) is 0 Å². The molecule has 2 nitrogen and oxygen atoms in total. The summed E-state index contributed by atoms with van der Waals surface area (Å²) in [6.07, 6.45) is 1.59. The van der Waals surface area contributed by atoms with Crippen molar-refractivity contribution in [2.45, 2.75) is 0 Å². The molecule has 1 aromatic rings. The van der Waals surface area contributed by atoms with E-state index in [4.69, 9.17) is 0 Å². The zero-order valence-electron chi connectivity index (χ0n) is 4.32. The van der Waals surface area contributed by atoms with Crippen LogP contribution in [0.5, 0.6) is 0 Å². The van der Waals surface area contributed by atoms with Gasteiger partial charge in [0.1, 0.15) is 0 Å². The van der Waals surface area contributed by atoms with Crippen LogP contribution in [0.3, 0.4) is 0 Å². The number of H-pyrrole nitrogens is 1. The maximum Gasteiger partial charge on any atom is 0.262 e. The van der Waals surface area contributed by atoms with Gasteiger partial charge in [0.25, 0.3) is 5.56 Å². The molecule has 0 fully saturated rings. The second-order valence-corrected chi connectivity index (χ2v) is 3.26. The highest BCUT2D eigenvalue weighted by Gasteiger charge is 1.92. The molecule has 0 aromatic carbocycles. The first-order chi connectivity index (χ1) is 4.20. The second-order valence-electron chi connectivity index (χ2n) is 1.49. The maximum atomic E-state index is 10.6. The number of pyridine rings is 1. The second kappa shape index (κ2) is 2.66. The summed E-state index contributed by atoms with van der Waals surface area (Å²) < 4.78 is 1.39. The van der Waals surface area contributed by atoms with E-state index in [2.05, 4.69) is 36.8 Å². The zero-order chi connectivity index (χ0) is 6.85. The van der Waals surface area contributed by atoms with Crippen LogP contribution >= 0.6 is 31.9 Å². The van der Waals surface area contributed by atoms with E-state index < -0.39 is 0 Å². The molecule has 9 heavy (non-hydrogen) atoms. The van der Waals surface area contributed by atoms with Gasteiger partial charge in [0.2, 0.25) is 0 Å². The highest BCUT2D eigenvalue weighted by Crippen LogP contribution is 2.10. The Kier molecular flexibility index (Phi) is 2.08. The van der Waals surface area contributed by atoms with Crippen molar-refractivity contribution < 1.29 is 0 Å². The van der Waals surface area contributed by atoms with Gasteiger partial charge in [0.05, 0.1) is 4.47 Å². The SMILES string of the molecule is O=c1[nH]cc(Br)cc1Br. The lowest BCUT2D eigenvalue weighted by Gasteiger charge is -1.87. The molecule has 48 valence electrons. The quantitative estimate of drug-likeness (QED) is 0.752. The normalized spacial score (nSPS) is 9.56. The molecule has 0 aliphatic heterocycles. The van der Waals surface area contributed by atoms with Crippen molar-refractivity contribution in [3.8, 4) is 0 Å². The molecule has 0 radical (unpaired) electrons. The average Bonchev–Trinajstić information content (AvgIpc) is 1.80. The number of aromatic nitrogens is 1. The third kappa shape index (κ3) is 1.66. The number of halogens is 2. The minimum Gasteiger partial charge on any atom is -0.327 e. The third-order valence-corrected chi connectivity index (χ3v) is 1.87. The van der Waals surface area contributed by atoms with Crippen LogP contribution in [0.1, 0.15) is 0 Å². The van der Waals surface area contributed by atoms with Crippen molar-refractivity contribution in [2.75, 3.05) is 0 Å². The lowest BCUT2D eigenvalue weighted by molar-refractivity contribution is 1.20. The molecule has 0 unspecified atom stereocenters. The molecule has 0 bridgehead atoms. The van der Waals surface area contributed by atoms with Crippen LogP contribution in [0, 0.1) is 0 Å². The molecule has 0 aliphatic rings. The molecule has 1 aromatic heterocycles. The summed E-state index contributed by atoms with van der Waals surface area (Å²) in [4.78, 5) is 13.2. The van der Waals surface area contributed by atoms with Crippen molar-refractivity contribution >= 4 is 31.9 Å². The summed E-state index contributed by atoms with van der Waals surface area (Å²) in [5.74, 6) is 0. The van der Waals surface area contributed by atoms with Gasteiger partial charge in [-0.1, -0.05) is 0 Å². The largest absolute Gasteiger partial charge is 0.327 e. The van der Waals surface area contributed by atoms with Gasteiger partial charge >= 0.3 is 0 Å². The van der Waals surface area contributed by atoms with Crippen LogP contribution in [0.25, 0.3) is 0 Å². The minimum absolute atomic E-state index is 0.113. The number of hydrogen-bond acceptors (Lipinski definition) is 1. The fourth-order valence-electron chi connectivity index (χ4n) is 0.432. The highest BCUT2D eigenvalue weighted by molar-refractivity contribution is 9.11. The summed E-state index contributed by atoms with van der Waals surface area (Å²) in [6.45, 7) is 0. The molecule has 0 spiro atoms. The van der Waals surface area contributed by atoms with Crippen LogP contribution in [-0.2, 0) is 0 Å². The predicted octanol–water partition coefficient (Wildman–Crippen LogP) is 1.90. The number of aromatic amines is 1. The van der Waals surface area contributed by atoms with Crippen molar-refractivity contribution in [3.63, 3.8) is 0 Å². The van der Waals surface area contributed by atoms with E-state index in [9.17, 15) is 4.79 Å². The minimum atomic E-state index is -0.113. The van der Waals surface area contributed by atoms with E-state index in [-0.39, 0.29) is 5.56 Å². The van der Waals surface area contributed by atoms with E-state index >= 15 is 0 Å². The van der Waals surface area contributed by atoms with Crippen molar-refractivity contribution in [1.82, 2.24) is 4.98 Å². The predicted molar refractivity (Wildman–Crippen MR) is 42.5 cm³/mol. The summed E-state index contributed by atoms with van der Waals surface area (Å²) in [5, 5.41) is 0. The Balaban J connectivity index is 3.34. The summed E-state index contributed by atoms with van der Waals surface area (Å²) in [7, 11) is 0. The molecule has 0 saturated heterocycles. The van der Waals surface area contributed by atoms with Crippen LogP contribution in [0.2, 0.25) is 0 Å². The smallest absolute Gasteiger partial charge is 0.262 e. The number of nitrogens with one attached hydrogen (secondary N) is 1. The number of rotatable bonds is 0. The molecule has 0 amide bonds. The van der Waals surface area contributed by atoms with Gasteiger partial charge in [0, 0.05) is 10.7 Å². The van der Waals surface area contributed by atoms with Crippen molar-refractivity contribution in [3.05, 3.63) is 31.6 Å². The molecule has 0 saturated carbocycles. The summed E-state index contributed by atoms with van der Waals surface area (Å²) >= 11 is 6.27. The Morgan fingerprint density at radius 1 is 1.44 bits per heavy atom. The monoisotopic (exact) mass is 251 g/mol. The first kappa shape index (κ1) is 7.02. The van der Waals surface area contributed by atoms with Gasteiger partial charge < -0.3 is 4.98 Å². The molecule has 4 heteroatoms. The van der Waals surface area contributed by atoms with Crippen LogP contribution in [0.15, 0.2) is 26.0 Å². The molecular formula is C5H3Br2NO. The van der Waals surface area contributed by atoms with Crippen molar-refractivity contribution in [1.29, 1.82) is 0 Å². The van der Waals surface area contributed by atoms with Crippen LogP contribution < -0.4 is 5.56 Å². The Morgan fingerprint density at radius 3 is 2.56 bits per heavy atom. The third-order valence-electron chi connectivity index (χ3n) is 0.823. The van der Waals surface area contributed by atoms with E-state index in [1.54, 1.807) is 12.3 Å². The van der Waals surface area contributed by atoms with Gasteiger partial charge in [-0.25, -0.2) is 0 Å². The Bertz CT molecular complexity index is 268. The van der Waals surface area contributed by atoms with E-state index in [1.165, 1.54) is 0 Å². The van der Waals surface area contributed by atoms with Gasteiger partial charge in [-0.3, -0.25) is 4.79 Å². The molecule has 1 N–H and O–H groups in total. The van der Waals surface area contributed by atoms with Gasteiger partial charge in [0.15, 0.2) is 0 Å². The lowest BCUT2D eigenvalue weighted by Crippen LogP contribution is -2.03. The van der Waals surface area contributed by atoms with Crippen LogP contribution in [-0.4, -0.2) is 4.98 Å².